The molecule has 1 aliphatic rings. The Hall–Kier alpha value is -2.15. The van der Waals surface area contributed by atoms with Gasteiger partial charge in [-0.3, -0.25) is 9.59 Å². The number of halogens is 2. The van der Waals surface area contributed by atoms with Crippen LogP contribution >= 0.6 is 15.9 Å². The van der Waals surface area contributed by atoms with E-state index in [4.69, 9.17) is 4.42 Å². The molecule has 0 spiro atoms. The van der Waals surface area contributed by atoms with Gasteiger partial charge >= 0.3 is 0 Å². The topological polar surface area (TPSA) is 62.6 Å². The van der Waals surface area contributed by atoms with Crippen LogP contribution in [0, 0.1) is 5.82 Å². The molecule has 2 amide bonds. The first-order chi connectivity index (χ1) is 11.5. The first-order valence-electron chi connectivity index (χ1n) is 7.62. The molecule has 1 fully saturated rings. The van der Waals surface area contributed by atoms with Crippen LogP contribution in [-0.2, 0) is 11.3 Å². The molecule has 1 unspecified atom stereocenters. The zero-order valence-corrected chi connectivity index (χ0v) is 14.4. The van der Waals surface area contributed by atoms with Crippen LogP contribution in [0.1, 0.15) is 29.0 Å². The summed E-state index contributed by atoms with van der Waals surface area (Å²) < 4.78 is 19.1. The van der Waals surface area contributed by atoms with Gasteiger partial charge in [-0.15, -0.1) is 0 Å². The van der Waals surface area contributed by atoms with Gasteiger partial charge in [-0.25, -0.2) is 4.39 Å². The first-order valence-corrected chi connectivity index (χ1v) is 8.41. The molecule has 24 heavy (non-hydrogen) atoms. The van der Waals surface area contributed by atoms with Gasteiger partial charge in [0.2, 0.25) is 5.91 Å². The minimum atomic E-state index is -0.528. The van der Waals surface area contributed by atoms with E-state index in [9.17, 15) is 14.0 Å². The van der Waals surface area contributed by atoms with Crippen LogP contribution in [0.25, 0.3) is 0 Å². The summed E-state index contributed by atoms with van der Waals surface area (Å²) in [6.45, 7) is 0.720. The smallest absolute Gasteiger partial charge is 0.290 e. The molecule has 1 aromatic heterocycles. The quantitative estimate of drug-likeness (QED) is 0.866. The van der Waals surface area contributed by atoms with E-state index < -0.39 is 6.04 Å². The van der Waals surface area contributed by atoms with Crippen molar-refractivity contribution in [3.8, 4) is 0 Å². The minimum Gasteiger partial charge on any atom is -0.459 e. The van der Waals surface area contributed by atoms with Gasteiger partial charge in [-0.05, 0) is 48.7 Å². The van der Waals surface area contributed by atoms with Gasteiger partial charge in [0.05, 0.1) is 6.26 Å². The monoisotopic (exact) mass is 394 g/mol. The van der Waals surface area contributed by atoms with Gasteiger partial charge in [-0.1, -0.05) is 15.9 Å². The summed E-state index contributed by atoms with van der Waals surface area (Å²) in [5.41, 5.74) is 0.650. The molecule has 3 rings (SSSR count). The van der Waals surface area contributed by atoms with Crippen LogP contribution < -0.4 is 5.32 Å². The van der Waals surface area contributed by atoms with Crippen molar-refractivity contribution in [2.75, 3.05) is 6.54 Å². The van der Waals surface area contributed by atoms with Crippen molar-refractivity contribution in [3.05, 3.63) is 58.2 Å². The zero-order valence-electron chi connectivity index (χ0n) is 12.8. The molecule has 1 saturated heterocycles. The predicted octanol–water partition coefficient (Wildman–Crippen LogP) is 3.10. The number of amides is 2. The summed E-state index contributed by atoms with van der Waals surface area (Å²) in [6, 6.07) is 7.15. The number of nitrogens with zero attached hydrogens (tertiary/aromatic N) is 1. The van der Waals surface area contributed by atoms with Gasteiger partial charge < -0.3 is 14.6 Å². The third-order valence-electron chi connectivity index (χ3n) is 3.94. The molecule has 2 heterocycles. The highest BCUT2D eigenvalue weighted by atomic mass is 79.9. The SMILES string of the molecule is O=C(NCc1cc(F)cc(Br)c1)C1CCCN1C(=O)c1ccco1. The Kier molecular flexibility index (Phi) is 4.99. The van der Waals surface area contributed by atoms with Crippen molar-refractivity contribution in [3.63, 3.8) is 0 Å². The van der Waals surface area contributed by atoms with Crippen molar-refractivity contribution in [2.24, 2.45) is 0 Å². The molecule has 1 aromatic carbocycles. The summed E-state index contributed by atoms with van der Waals surface area (Å²) in [5, 5.41) is 2.77. The third kappa shape index (κ3) is 3.67. The third-order valence-corrected chi connectivity index (χ3v) is 4.40. The van der Waals surface area contributed by atoms with Crippen LogP contribution in [0.3, 0.4) is 0 Å². The Morgan fingerprint density at radius 1 is 1.38 bits per heavy atom. The summed E-state index contributed by atoms with van der Waals surface area (Å²) in [6.07, 6.45) is 2.79. The average Bonchev–Trinajstić information content (AvgIpc) is 3.22. The van der Waals surface area contributed by atoms with Gasteiger partial charge in [0.1, 0.15) is 11.9 Å². The maximum absolute atomic E-state index is 13.4. The van der Waals surface area contributed by atoms with Crippen molar-refractivity contribution in [1.82, 2.24) is 10.2 Å². The molecular weight excluding hydrogens is 379 g/mol. The summed E-state index contributed by atoms with van der Waals surface area (Å²) in [7, 11) is 0. The normalized spacial score (nSPS) is 17.1. The molecule has 0 bridgehead atoms. The van der Waals surface area contributed by atoms with Crippen LogP contribution in [-0.4, -0.2) is 29.3 Å². The molecule has 1 N–H and O–H groups in total. The molecule has 2 aromatic rings. The number of benzene rings is 1. The van der Waals surface area contributed by atoms with E-state index in [1.54, 1.807) is 18.2 Å². The fraction of sp³-hybridized carbons (Fsp3) is 0.294. The second-order valence-electron chi connectivity index (χ2n) is 5.63. The van der Waals surface area contributed by atoms with Crippen molar-refractivity contribution in [1.29, 1.82) is 0 Å². The lowest BCUT2D eigenvalue weighted by atomic mass is 10.1. The Morgan fingerprint density at radius 3 is 2.92 bits per heavy atom. The fourth-order valence-electron chi connectivity index (χ4n) is 2.84. The standard InChI is InChI=1S/C17H16BrFN2O3/c18-12-7-11(8-13(19)9-12)10-20-16(22)14-3-1-5-21(14)17(23)15-4-2-6-24-15/h2,4,6-9,14H,1,3,5,10H2,(H,20,22). The maximum atomic E-state index is 13.4. The van der Waals surface area contributed by atoms with E-state index in [1.165, 1.54) is 23.3 Å². The largest absolute Gasteiger partial charge is 0.459 e. The van der Waals surface area contributed by atoms with Gasteiger partial charge in [0.15, 0.2) is 5.76 Å². The molecule has 1 atom stereocenters. The predicted molar refractivity (Wildman–Crippen MR) is 88.7 cm³/mol. The number of carbonyl (C=O) groups is 2. The molecule has 0 radical (unpaired) electrons. The number of hydrogen-bond donors (Lipinski definition) is 1. The van der Waals surface area contributed by atoms with Gasteiger partial charge in [0.25, 0.3) is 5.91 Å². The molecule has 7 heteroatoms. The number of hydrogen-bond acceptors (Lipinski definition) is 3. The molecule has 0 aliphatic carbocycles. The highest BCUT2D eigenvalue weighted by Gasteiger charge is 2.35. The first kappa shape index (κ1) is 16.7. The van der Waals surface area contributed by atoms with Crippen LogP contribution in [0.15, 0.2) is 45.5 Å². The summed E-state index contributed by atoms with van der Waals surface area (Å²) in [5.74, 6) is -0.674. The van der Waals surface area contributed by atoms with E-state index in [0.717, 1.165) is 6.42 Å². The number of rotatable bonds is 4. The lowest BCUT2D eigenvalue weighted by molar-refractivity contribution is -0.125. The number of carbonyl (C=O) groups excluding carboxylic acids is 2. The highest BCUT2D eigenvalue weighted by molar-refractivity contribution is 9.10. The van der Waals surface area contributed by atoms with Crippen LogP contribution in [0.5, 0.6) is 0 Å². The molecule has 126 valence electrons. The van der Waals surface area contributed by atoms with Crippen molar-refractivity contribution in [2.45, 2.75) is 25.4 Å². The second-order valence-corrected chi connectivity index (χ2v) is 6.55. The van der Waals surface area contributed by atoms with E-state index >= 15 is 0 Å². The molecular formula is C17H16BrFN2O3. The van der Waals surface area contributed by atoms with Gasteiger partial charge in [-0.2, -0.15) is 0 Å². The number of furan rings is 1. The molecule has 0 saturated carbocycles. The zero-order chi connectivity index (χ0) is 17.1. The Labute approximate surface area is 146 Å². The lowest BCUT2D eigenvalue weighted by Gasteiger charge is -2.23. The minimum absolute atomic E-state index is 0.203. The second kappa shape index (κ2) is 7.17. The fourth-order valence-corrected chi connectivity index (χ4v) is 3.36. The van der Waals surface area contributed by atoms with Gasteiger partial charge in [0, 0.05) is 17.6 Å². The molecule has 5 nitrogen and oxygen atoms in total. The summed E-state index contributed by atoms with van der Waals surface area (Å²) in [4.78, 5) is 26.3. The Balaban J connectivity index is 1.64. The Morgan fingerprint density at radius 2 is 2.21 bits per heavy atom. The van der Waals surface area contributed by atoms with Crippen molar-refractivity contribution < 1.29 is 18.4 Å². The summed E-state index contributed by atoms with van der Waals surface area (Å²) >= 11 is 3.22. The van der Waals surface area contributed by atoms with Crippen LogP contribution in [0.4, 0.5) is 4.39 Å². The highest BCUT2D eigenvalue weighted by Crippen LogP contribution is 2.21. The Bertz CT molecular complexity index is 728. The van der Waals surface area contributed by atoms with Crippen molar-refractivity contribution >= 4 is 27.7 Å². The molecule has 1 aliphatic heterocycles. The maximum Gasteiger partial charge on any atom is 0.290 e. The lowest BCUT2D eigenvalue weighted by Crippen LogP contribution is -2.45. The number of likely N-dealkylation sites (tertiary alicyclic amines) is 1. The van der Waals surface area contributed by atoms with Crippen LogP contribution in [0.2, 0.25) is 0 Å². The van der Waals surface area contributed by atoms with E-state index in [-0.39, 0.29) is 29.9 Å². The number of nitrogens with one attached hydrogen (secondary N) is 1. The average molecular weight is 395 g/mol. The van der Waals surface area contributed by atoms with E-state index in [0.29, 0.717) is 23.0 Å². The van der Waals surface area contributed by atoms with E-state index in [2.05, 4.69) is 21.2 Å². The van der Waals surface area contributed by atoms with E-state index in [1.807, 2.05) is 0 Å².